The molecule has 0 spiro atoms. The normalized spacial score (nSPS) is 40.0. The summed E-state index contributed by atoms with van der Waals surface area (Å²) in [5.41, 5.74) is 1.32. The van der Waals surface area contributed by atoms with E-state index in [1.54, 1.807) is 6.20 Å². The van der Waals surface area contributed by atoms with Gasteiger partial charge in [-0.2, -0.15) is 0 Å². The van der Waals surface area contributed by atoms with Crippen LogP contribution in [0.15, 0.2) is 18.3 Å². The first kappa shape index (κ1) is 21.0. The second kappa shape index (κ2) is 7.93. The van der Waals surface area contributed by atoms with E-state index in [4.69, 9.17) is 14.2 Å². The first-order valence-electron chi connectivity index (χ1n) is 11.7. The maximum absolute atomic E-state index is 12.6. The van der Waals surface area contributed by atoms with Crippen LogP contribution >= 0.6 is 0 Å². The number of aryl methyl sites for hydroxylation is 1. The van der Waals surface area contributed by atoms with Gasteiger partial charge in [0.1, 0.15) is 18.0 Å². The highest BCUT2D eigenvalue weighted by molar-refractivity contribution is 5.74. The Labute approximate surface area is 184 Å². The van der Waals surface area contributed by atoms with Gasteiger partial charge in [-0.1, -0.05) is 20.8 Å². The van der Waals surface area contributed by atoms with Gasteiger partial charge >= 0.3 is 6.03 Å². The number of nitrogens with zero attached hydrogens (tertiary/aromatic N) is 1. The first-order valence-corrected chi connectivity index (χ1v) is 11.7. The third-order valence-electron chi connectivity index (χ3n) is 8.60. The fourth-order valence-electron chi connectivity index (χ4n) is 6.42. The minimum absolute atomic E-state index is 0.129. The van der Waals surface area contributed by atoms with E-state index in [9.17, 15) is 4.79 Å². The molecule has 2 bridgehead atoms. The van der Waals surface area contributed by atoms with Crippen LogP contribution in [0.25, 0.3) is 0 Å². The Kier molecular flexibility index (Phi) is 5.37. The molecule has 2 saturated heterocycles. The zero-order valence-electron chi connectivity index (χ0n) is 19.0. The van der Waals surface area contributed by atoms with Crippen LogP contribution < -0.4 is 15.4 Å². The van der Waals surface area contributed by atoms with E-state index in [0.29, 0.717) is 30.5 Å². The average Bonchev–Trinajstić information content (AvgIpc) is 3.32. The topological polar surface area (TPSA) is 81.7 Å². The molecule has 170 valence electrons. The zero-order valence-corrected chi connectivity index (χ0v) is 19.0. The van der Waals surface area contributed by atoms with Crippen LogP contribution in [0.4, 0.5) is 4.79 Å². The number of carbonyl (C=O) groups is 1. The van der Waals surface area contributed by atoms with Crippen LogP contribution in [0.2, 0.25) is 0 Å². The Bertz CT molecular complexity index is 831. The molecule has 0 unspecified atom stereocenters. The number of pyridine rings is 1. The van der Waals surface area contributed by atoms with Crippen LogP contribution in [0, 0.1) is 36.0 Å². The summed E-state index contributed by atoms with van der Waals surface area (Å²) in [5.74, 6) is 3.57. The van der Waals surface area contributed by atoms with Gasteiger partial charge in [-0.25, -0.2) is 4.79 Å². The molecule has 6 rings (SSSR count). The van der Waals surface area contributed by atoms with Gasteiger partial charge < -0.3 is 24.8 Å². The van der Waals surface area contributed by atoms with Crippen LogP contribution in [0.5, 0.6) is 5.75 Å². The molecule has 3 heterocycles. The van der Waals surface area contributed by atoms with Gasteiger partial charge in [0.2, 0.25) is 0 Å². The van der Waals surface area contributed by atoms with E-state index in [-0.39, 0.29) is 30.4 Å². The standard InChI is InChI=1S/C24H35N3O4/c1-13-15(8-16-9-17(13)24(16,3)4)10-26-23(28)27-18-11-29-22-20(12-30-21(18)22)31-19-6-5-7-25-14(19)2/h5-7,13,15-18,20-22H,8-12H2,1-4H3,(H2,26,27,28)/t13-,15-,16+,17+,18-,20-,21+,22+/m0/s1. The van der Waals surface area contributed by atoms with Crippen molar-refractivity contribution in [2.75, 3.05) is 19.8 Å². The maximum atomic E-state index is 12.6. The summed E-state index contributed by atoms with van der Waals surface area (Å²) >= 11 is 0. The molecule has 0 radical (unpaired) electrons. The number of nitrogens with one attached hydrogen (secondary N) is 2. The lowest BCUT2D eigenvalue weighted by Crippen LogP contribution is -2.57. The van der Waals surface area contributed by atoms with E-state index in [0.717, 1.165) is 29.8 Å². The second-order valence-corrected chi connectivity index (χ2v) is 10.5. The summed E-state index contributed by atoms with van der Waals surface area (Å²) in [6.45, 7) is 10.7. The highest BCUT2D eigenvalue weighted by Gasteiger charge is 2.56. The number of ether oxygens (including phenoxy) is 3. The van der Waals surface area contributed by atoms with Gasteiger partial charge in [0.15, 0.2) is 6.10 Å². The number of amides is 2. The van der Waals surface area contributed by atoms with Crippen molar-refractivity contribution in [1.82, 2.24) is 15.6 Å². The average molecular weight is 430 g/mol. The molecule has 31 heavy (non-hydrogen) atoms. The maximum Gasteiger partial charge on any atom is 0.315 e. The molecule has 2 N–H and O–H groups in total. The van der Waals surface area contributed by atoms with Gasteiger partial charge in [0, 0.05) is 12.7 Å². The minimum Gasteiger partial charge on any atom is -0.483 e. The zero-order chi connectivity index (χ0) is 21.8. The summed E-state index contributed by atoms with van der Waals surface area (Å²) in [7, 11) is 0. The first-order chi connectivity index (χ1) is 14.8. The number of urea groups is 1. The molecule has 0 aromatic carbocycles. The predicted octanol–water partition coefficient (Wildman–Crippen LogP) is 2.92. The highest BCUT2D eigenvalue weighted by atomic mass is 16.6. The van der Waals surface area contributed by atoms with Crippen LogP contribution in [0.3, 0.4) is 0 Å². The van der Waals surface area contributed by atoms with Gasteiger partial charge in [0.25, 0.3) is 0 Å². The fourth-order valence-corrected chi connectivity index (χ4v) is 6.42. The molecular formula is C24H35N3O4. The molecule has 1 aromatic heterocycles. The Hall–Kier alpha value is -1.86. The fraction of sp³-hybridized carbons (Fsp3) is 0.750. The van der Waals surface area contributed by atoms with Crippen LogP contribution in [0.1, 0.15) is 39.3 Å². The number of hydrogen-bond acceptors (Lipinski definition) is 5. The number of carbonyl (C=O) groups excluding carboxylic acids is 1. The van der Waals surface area contributed by atoms with Crippen molar-refractivity contribution in [3.63, 3.8) is 0 Å². The summed E-state index contributed by atoms with van der Waals surface area (Å²) in [4.78, 5) is 16.9. The summed E-state index contributed by atoms with van der Waals surface area (Å²) < 4.78 is 18.0. The van der Waals surface area contributed by atoms with Gasteiger partial charge in [-0.15, -0.1) is 0 Å². The molecule has 7 nitrogen and oxygen atoms in total. The molecule has 7 heteroatoms. The van der Waals surface area contributed by atoms with E-state index >= 15 is 0 Å². The molecule has 5 fully saturated rings. The van der Waals surface area contributed by atoms with Crippen molar-refractivity contribution < 1.29 is 19.0 Å². The monoisotopic (exact) mass is 429 g/mol. The number of aromatic nitrogens is 1. The summed E-state index contributed by atoms with van der Waals surface area (Å²) in [6, 6.07) is 3.48. The third kappa shape index (κ3) is 3.69. The van der Waals surface area contributed by atoms with Crippen molar-refractivity contribution in [2.45, 2.75) is 64.9 Å². The summed E-state index contributed by atoms with van der Waals surface area (Å²) in [6.07, 6.45) is 3.77. The van der Waals surface area contributed by atoms with Crippen molar-refractivity contribution in [1.29, 1.82) is 0 Å². The quantitative estimate of drug-likeness (QED) is 0.752. The summed E-state index contributed by atoms with van der Waals surface area (Å²) in [5, 5.41) is 6.19. The Balaban J connectivity index is 1.10. The number of hydrogen-bond donors (Lipinski definition) is 2. The van der Waals surface area contributed by atoms with Crippen LogP contribution in [-0.4, -0.2) is 55.1 Å². The van der Waals surface area contributed by atoms with Crippen molar-refractivity contribution in [2.24, 2.45) is 29.1 Å². The molecule has 3 saturated carbocycles. The second-order valence-electron chi connectivity index (χ2n) is 10.5. The lowest BCUT2D eigenvalue weighted by molar-refractivity contribution is -0.127. The molecule has 2 amide bonds. The lowest BCUT2D eigenvalue weighted by atomic mass is 9.43. The van der Waals surface area contributed by atoms with Gasteiger partial charge in [-0.05, 0) is 61.0 Å². The van der Waals surface area contributed by atoms with Crippen molar-refractivity contribution >= 4 is 6.03 Å². The Morgan fingerprint density at radius 3 is 2.81 bits per heavy atom. The van der Waals surface area contributed by atoms with Crippen LogP contribution in [-0.2, 0) is 9.47 Å². The van der Waals surface area contributed by atoms with Gasteiger partial charge in [-0.3, -0.25) is 4.98 Å². The molecule has 5 aliphatic rings. The Morgan fingerprint density at radius 1 is 1.26 bits per heavy atom. The van der Waals surface area contributed by atoms with Crippen molar-refractivity contribution in [3.05, 3.63) is 24.0 Å². The molecule has 3 aliphatic carbocycles. The molecule has 2 aliphatic heterocycles. The molecular weight excluding hydrogens is 394 g/mol. The lowest BCUT2D eigenvalue weighted by Gasteiger charge is -2.62. The number of rotatable bonds is 5. The number of fused-ring (bicyclic) bond motifs is 3. The minimum atomic E-state index is -0.194. The molecule has 8 atom stereocenters. The third-order valence-corrected chi connectivity index (χ3v) is 8.60. The van der Waals surface area contributed by atoms with E-state index in [1.807, 2.05) is 19.1 Å². The molecule has 1 aromatic rings. The Morgan fingerprint density at radius 2 is 2.06 bits per heavy atom. The largest absolute Gasteiger partial charge is 0.483 e. The van der Waals surface area contributed by atoms with E-state index in [2.05, 4.69) is 36.4 Å². The van der Waals surface area contributed by atoms with Gasteiger partial charge in [0.05, 0.1) is 24.9 Å². The van der Waals surface area contributed by atoms with E-state index in [1.165, 1.54) is 12.8 Å². The highest BCUT2D eigenvalue weighted by Crippen LogP contribution is 2.62. The van der Waals surface area contributed by atoms with Crippen molar-refractivity contribution in [3.8, 4) is 5.75 Å². The smallest absolute Gasteiger partial charge is 0.315 e. The SMILES string of the molecule is Cc1ncccc1O[C@H]1CO[C@H]2[C@@H]1OC[C@@H]2NC(=O)NC[C@@H]1C[C@@H]2C[C@H]([C@H]1C)C2(C)C. The van der Waals surface area contributed by atoms with E-state index < -0.39 is 0 Å². The predicted molar refractivity (Wildman–Crippen MR) is 116 cm³/mol.